The number of amides is 1. The van der Waals surface area contributed by atoms with Crippen LogP contribution >= 0.6 is 0 Å². The van der Waals surface area contributed by atoms with Crippen molar-refractivity contribution >= 4 is 5.91 Å². The van der Waals surface area contributed by atoms with Gasteiger partial charge in [-0.3, -0.25) is 4.79 Å². The fraction of sp³-hybridized carbons (Fsp3) is 0.769. The lowest BCUT2D eigenvalue weighted by atomic mass is 9.75. The third kappa shape index (κ3) is 4.79. The van der Waals surface area contributed by atoms with Crippen LogP contribution < -0.4 is 5.32 Å². The molecular weight excluding hydrogens is 202 g/mol. The zero-order valence-corrected chi connectivity index (χ0v) is 11.1. The van der Waals surface area contributed by atoms with Crippen molar-refractivity contribution in [3.63, 3.8) is 0 Å². The second kappa shape index (κ2) is 6.69. The number of aliphatic hydroxyl groups excluding tert-OH is 1. The van der Waals surface area contributed by atoms with Gasteiger partial charge in [-0.05, 0) is 25.7 Å². The molecule has 0 aromatic rings. The van der Waals surface area contributed by atoms with E-state index in [4.69, 9.17) is 5.11 Å². The van der Waals surface area contributed by atoms with Crippen LogP contribution in [-0.4, -0.2) is 24.2 Å². The predicted molar refractivity (Wildman–Crippen MR) is 67.1 cm³/mol. The number of allylic oxidation sites excluding steroid dienone is 1. The van der Waals surface area contributed by atoms with Gasteiger partial charge >= 0.3 is 0 Å². The van der Waals surface area contributed by atoms with E-state index in [0.29, 0.717) is 6.54 Å². The van der Waals surface area contributed by atoms with E-state index >= 15 is 0 Å². The molecule has 0 heterocycles. The maximum atomic E-state index is 12.0. The summed E-state index contributed by atoms with van der Waals surface area (Å²) in [7, 11) is 0. The standard InChI is InChI=1S/C13H25NO2/c1-6-13(4,5)11(9-10(2)3)12(16)14-7-8-15/h9,11,15H,6-8H2,1-5H3,(H,14,16). The average molecular weight is 227 g/mol. The van der Waals surface area contributed by atoms with Crippen molar-refractivity contribution in [1.29, 1.82) is 0 Å². The lowest BCUT2D eigenvalue weighted by Gasteiger charge is -2.30. The molecule has 0 spiro atoms. The second-order valence-electron chi connectivity index (χ2n) is 5.08. The van der Waals surface area contributed by atoms with Gasteiger partial charge < -0.3 is 10.4 Å². The molecule has 0 rings (SSSR count). The minimum atomic E-state index is -0.131. The number of carbonyl (C=O) groups excluding carboxylic acids is 1. The van der Waals surface area contributed by atoms with E-state index in [1.54, 1.807) is 0 Å². The van der Waals surface area contributed by atoms with Gasteiger partial charge in [0, 0.05) is 6.54 Å². The number of rotatable bonds is 6. The molecule has 1 atom stereocenters. The molecule has 2 N–H and O–H groups in total. The van der Waals surface area contributed by atoms with Crippen LogP contribution in [0.5, 0.6) is 0 Å². The monoisotopic (exact) mass is 227 g/mol. The van der Waals surface area contributed by atoms with Crippen molar-refractivity contribution in [2.75, 3.05) is 13.2 Å². The van der Waals surface area contributed by atoms with E-state index in [1.165, 1.54) is 0 Å². The van der Waals surface area contributed by atoms with Crippen LogP contribution in [0.15, 0.2) is 11.6 Å². The molecule has 0 fully saturated rings. The summed E-state index contributed by atoms with van der Waals surface area (Å²) in [4.78, 5) is 12.0. The molecule has 0 bridgehead atoms. The van der Waals surface area contributed by atoms with Crippen molar-refractivity contribution in [2.24, 2.45) is 11.3 Å². The first kappa shape index (κ1) is 15.2. The third-order valence-corrected chi connectivity index (χ3v) is 2.95. The molecule has 1 unspecified atom stereocenters. The Morgan fingerprint density at radius 2 is 2.00 bits per heavy atom. The van der Waals surface area contributed by atoms with Crippen LogP contribution in [-0.2, 0) is 4.79 Å². The summed E-state index contributed by atoms with van der Waals surface area (Å²) < 4.78 is 0. The number of hydrogen-bond acceptors (Lipinski definition) is 2. The molecule has 0 radical (unpaired) electrons. The van der Waals surface area contributed by atoms with Crippen molar-refractivity contribution in [3.05, 3.63) is 11.6 Å². The summed E-state index contributed by atoms with van der Waals surface area (Å²) >= 11 is 0. The highest BCUT2D eigenvalue weighted by Crippen LogP contribution is 2.32. The van der Waals surface area contributed by atoms with Gasteiger partial charge in [-0.1, -0.05) is 32.4 Å². The Labute approximate surface area is 98.9 Å². The normalized spacial score (nSPS) is 13.1. The summed E-state index contributed by atoms with van der Waals surface area (Å²) in [5.74, 6) is -0.129. The highest BCUT2D eigenvalue weighted by atomic mass is 16.3. The molecule has 3 nitrogen and oxygen atoms in total. The lowest BCUT2D eigenvalue weighted by molar-refractivity contribution is -0.126. The number of nitrogens with one attached hydrogen (secondary N) is 1. The summed E-state index contributed by atoms with van der Waals surface area (Å²) in [6, 6.07) is 0. The molecule has 0 aromatic carbocycles. The summed E-state index contributed by atoms with van der Waals surface area (Å²) in [5, 5.41) is 11.5. The largest absolute Gasteiger partial charge is 0.395 e. The van der Waals surface area contributed by atoms with Crippen LogP contribution in [0.1, 0.15) is 41.0 Å². The highest BCUT2D eigenvalue weighted by Gasteiger charge is 2.31. The van der Waals surface area contributed by atoms with Crippen LogP contribution in [0.2, 0.25) is 0 Å². The highest BCUT2D eigenvalue weighted by molar-refractivity contribution is 5.81. The van der Waals surface area contributed by atoms with Crippen LogP contribution in [0.25, 0.3) is 0 Å². The van der Waals surface area contributed by atoms with E-state index in [-0.39, 0.29) is 23.8 Å². The third-order valence-electron chi connectivity index (χ3n) is 2.95. The molecule has 0 aliphatic rings. The SMILES string of the molecule is CCC(C)(C)C(C=C(C)C)C(=O)NCCO. The van der Waals surface area contributed by atoms with Crippen LogP contribution in [0.3, 0.4) is 0 Å². The molecule has 0 saturated heterocycles. The van der Waals surface area contributed by atoms with E-state index in [2.05, 4.69) is 26.1 Å². The number of carbonyl (C=O) groups is 1. The summed E-state index contributed by atoms with van der Waals surface area (Å²) in [5.41, 5.74) is 1.09. The predicted octanol–water partition coefficient (Wildman–Crippen LogP) is 2.11. The van der Waals surface area contributed by atoms with E-state index in [0.717, 1.165) is 12.0 Å². The molecule has 0 aliphatic heterocycles. The summed E-state index contributed by atoms with van der Waals surface area (Å²) in [6.07, 6.45) is 2.95. The average Bonchev–Trinajstić information content (AvgIpc) is 2.22. The first-order valence-electron chi connectivity index (χ1n) is 5.88. The van der Waals surface area contributed by atoms with Gasteiger partial charge in [-0.2, -0.15) is 0 Å². The van der Waals surface area contributed by atoms with Crippen molar-refractivity contribution < 1.29 is 9.90 Å². The Kier molecular flexibility index (Phi) is 6.34. The fourth-order valence-corrected chi connectivity index (χ4v) is 1.50. The van der Waals surface area contributed by atoms with Gasteiger partial charge in [0.15, 0.2) is 0 Å². The number of aliphatic hydroxyl groups is 1. The van der Waals surface area contributed by atoms with Crippen molar-refractivity contribution in [3.8, 4) is 0 Å². The Balaban J connectivity index is 4.81. The summed E-state index contributed by atoms with van der Waals surface area (Å²) in [6.45, 7) is 10.6. The van der Waals surface area contributed by atoms with Gasteiger partial charge in [0.2, 0.25) is 5.91 Å². The van der Waals surface area contributed by atoms with Gasteiger partial charge in [0.25, 0.3) is 0 Å². The molecular formula is C13H25NO2. The maximum absolute atomic E-state index is 12.0. The first-order chi connectivity index (χ1) is 7.35. The van der Waals surface area contributed by atoms with Crippen LogP contribution in [0, 0.1) is 11.3 Å². The zero-order valence-electron chi connectivity index (χ0n) is 11.1. The van der Waals surface area contributed by atoms with Crippen LogP contribution in [0.4, 0.5) is 0 Å². The molecule has 0 aromatic heterocycles. The first-order valence-corrected chi connectivity index (χ1v) is 5.88. The Hall–Kier alpha value is -0.830. The van der Waals surface area contributed by atoms with Crippen molar-refractivity contribution in [2.45, 2.75) is 41.0 Å². The second-order valence-corrected chi connectivity index (χ2v) is 5.08. The van der Waals surface area contributed by atoms with E-state index in [1.807, 2.05) is 19.9 Å². The van der Waals surface area contributed by atoms with Gasteiger partial charge in [0.05, 0.1) is 12.5 Å². The molecule has 16 heavy (non-hydrogen) atoms. The quantitative estimate of drug-likeness (QED) is 0.683. The molecule has 94 valence electrons. The van der Waals surface area contributed by atoms with E-state index < -0.39 is 0 Å². The smallest absolute Gasteiger partial charge is 0.227 e. The minimum Gasteiger partial charge on any atom is -0.395 e. The maximum Gasteiger partial charge on any atom is 0.227 e. The molecule has 3 heteroatoms. The van der Waals surface area contributed by atoms with Gasteiger partial charge in [-0.25, -0.2) is 0 Å². The molecule has 0 saturated carbocycles. The lowest BCUT2D eigenvalue weighted by Crippen LogP contribution is -2.39. The molecule has 1 amide bonds. The zero-order chi connectivity index (χ0) is 12.8. The fourth-order valence-electron chi connectivity index (χ4n) is 1.50. The van der Waals surface area contributed by atoms with E-state index in [9.17, 15) is 4.79 Å². The Morgan fingerprint density at radius 1 is 1.44 bits per heavy atom. The Bertz CT molecular complexity index is 253. The Morgan fingerprint density at radius 3 is 2.38 bits per heavy atom. The minimum absolute atomic E-state index is 0.00194. The topological polar surface area (TPSA) is 49.3 Å². The number of hydrogen-bond donors (Lipinski definition) is 2. The molecule has 0 aliphatic carbocycles. The van der Waals surface area contributed by atoms with Gasteiger partial charge in [0.1, 0.15) is 0 Å². The van der Waals surface area contributed by atoms with Crippen molar-refractivity contribution in [1.82, 2.24) is 5.32 Å². The van der Waals surface area contributed by atoms with Gasteiger partial charge in [-0.15, -0.1) is 0 Å².